The first kappa shape index (κ1) is 12.3. The number of nitrogens with zero attached hydrogens (tertiary/aromatic N) is 1. The minimum Gasteiger partial charge on any atom is -0.325 e. The molecule has 0 atom stereocenters. The number of anilines is 1. The summed E-state index contributed by atoms with van der Waals surface area (Å²) >= 11 is 9.27. The van der Waals surface area contributed by atoms with Crippen molar-refractivity contribution in [3.63, 3.8) is 0 Å². The number of pyridine rings is 1. The summed E-state index contributed by atoms with van der Waals surface area (Å²) in [6, 6.07) is 7.23. The predicted molar refractivity (Wildman–Crippen MR) is 73.8 cm³/mol. The van der Waals surface area contributed by atoms with Gasteiger partial charge in [-0.1, -0.05) is 27.5 Å². The largest absolute Gasteiger partial charge is 0.325 e. The molecule has 3 nitrogen and oxygen atoms in total. The Morgan fingerprint density at radius 1 is 1.41 bits per heavy atom. The summed E-state index contributed by atoms with van der Waals surface area (Å²) in [6.45, 7) is 0. The Bertz CT molecular complexity index is 559. The Morgan fingerprint density at radius 3 is 3.00 bits per heavy atom. The number of hydrogen-bond donors (Lipinski definition) is 1. The van der Waals surface area contributed by atoms with E-state index in [4.69, 9.17) is 11.6 Å². The van der Waals surface area contributed by atoms with Gasteiger partial charge < -0.3 is 5.32 Å². The minimum atomic E-state index is -0.0330. The lowest BCUT2D eigenvalue weighted by Gasteiger charge is -2.08. The topological polar surface area (TPSA) is 42.0 Å². The van der Waals surface area contributed by atoms with E-state index < -0.39 is 0 Å². The van der Waals surface area contributed by atoms with Gasteiger partial charge in [-0.05, 0) is 24.3 Å². The SMILES string of the molecule is O=C(CCBr)Nc1ccc(Cl)c2ncccc12. The lowest BCUT2D eigenvalue weighted by molar-refractivity contribution is -0.115. The van der Waals surface area contributed by atoms with E-state index in [-0.39, 0.29) is 5.91 Å². The second-order valence-electron chi connectivity index (χ2n) is 3.48. The maximum absolute atomic E-state index is 11.5. The van der Waals surface area contributed by atoms with Gasteiger partial charge in [0.15, 0.2) is 0 Å². The molecule has 0 unspecified atom stereocenters. The van der Waals surface area contributed by atoms with Crippen molar-refractivity contribution in [3.8, 4) is 0 Å². The van der Waals surface area contributed by atoms with Crippen molar-refractivity contribution in [3.05, 3.63) is 35.5 Å². The second-order valence-corrected chi connectivity index (χ2v) is 4.68. The second kappa shape index (κ2) is 5.47. The smallest absolute Gasteiger partial charge is 0.225 e. The van der Waals surface area contributed by atoms with Gasteiger partial charge >= 0.3 is 0 Å². The lowest BCUT2D eigenvalue weighted by Crippen LogP contribution is -2.11. The molecule has 1 N–H and O–H groups in total. The molecule has 0 aliphatic rings. The fraction of sp³-hybridized carbons (Fsp3) is 0.167. The maximum Gasteiger partial charge on any atom is 0.225 e. The highest BCUT2D eigenvalue weighted by molar-refractivity contribution is 9.09. The molecule has 0 fully saturated rings. The zero-order valence-corrected chi connectivity index (χ0v) is 11.3. The summed E-state index contributed by atoms with van der Waals surface area (Å²) in [4.78, 5) is 15.7. The average molecular weight is 314 g/mol. The third kappa shape index (κ3) is 2.76. The molecule has 0 aliphatic carbocycles. The van der Waals surface area contributed by atoms with E-state index in [1.807, 2.05) is 12.1 Å². The van der Waals surface area contributed by atoms with Crippen LogP contribution in [0.5, 0.6) is 0 Å². The highest BCUT2D eigenvalue weighted by Crippen LogP contribution is 2.27. The summed E-state index contributed by atoms with van der Waals surface area (Å²) < 4.78 is 0. The monoisotopic (exact) mass is 312 g/mol. The van der Waals surface area contributed by atoms with Gasteiger partial charge in [-0.25, -0.2) is 0 Å². The van der Waals surface area contributed by atoms with Gasteiger partial charge in [0.2, 0.25) is 5.91 Å². The number of rotatable bonds is 3. The molecule has 0 radical (unpaired) electrons. The number of hydrogen-bond acceptors (Lipinski definition) is 2. The molecule has 1 aromatic carbocycles. The quantitative estimate of drug-likeness (QED) is 0.880. The highest BCUT2D eigenvalue weighted by atomic mass is 79.9. The molecule has 1 aromatic heterocycles. The van der Waals surface area contributed by atoms with Gasteiger partial charge in [0.1, 0.15) is 0 Å². The van der Waals surface area contributed by atoms with E-state index in [2.05, 4.69) is 26.2 Å². The summed E-state index contributed by atoms with van der Waals surface area (Å²) in [6.07, 6.45) is 2.11. The molecule has 0 spiro atoms. The molecule has 0 saturated carbocycles. The number of alkyl halides is 1. The zero-order valence-electron chi connectivity index (χ0n) is 8.91. The van der Waals surface area contributed by atoms with Crippen LogP contribution >= 0.6 is 27.5 Å². The van der Waals surface area contributed by atoms with Crippen LogP contribution in [0.4, 0.5) is 5.69 Å². The van der Waals surface area contributed by atoms with Crippen LogP contribution in [0.1, 0.15) is 6.42 Å². The molecule has 1 heterocycles. The number of carbonyl (C=O) groups is 1. The van der Waals surface area contributed by atoms with Gasteiger partial charge in [-0.3, -0.25) is 9.78 Å². The Kier molecular flexibility index (Phi) is 3.97. The fourth-order valence-electron chi connectivity index (χ4n) is 1.55. The summed E-state index contributed by atoms with van der Waals surface area (Å²) in [7, 11) is 0. The van der Waals surface area contributed by atoms with Crippen LogP contribution in [0.15, 0.2) is 30.5 Å². The van der Waals surface area contributed by atoms with Gasteiger partial charge in [0.05, 0.1) is 16.2 Å². The summed E-state index contributed by atoms with van der Waals surface area (Å²) in [5.41, 5.74) is 1.44. The first-order chi connectivity index (χ1) is 8.22. The molecule has 5 heteroatoms. The molecule has 2 rings (SSSR count). The van der Waals surface area contributed by atoms with Crippen LogP contribution in [-0.2, 0) is 4.79 Å². The van der Waals surface area contributed by atoms with Crippen LogP contribution in [0.3, 0.4) is 0 Å². The highest BCUT2D eigenvalue weighted by Gasteiger charge is 2.07. The van der Waals surface area contributed by atoms with E-state index in [0.29, 0.717) is 22.3 Å². The Labute approximate surface area is 112 Å². The van der Waals surface area contributed by atoms with Crippen molar-refractivity contribution in [2.24, 2.45) is 0 Å². The van der Waals surface area contributed by atoms with Crippen LogP contribution in [0.25, 0.3) is 10.9 Å². The van der Waals surface area contributed by atoms with Crippen LogP contribution in [0, 0.1) is 0 Å². The van der Waals surface area contributed by atoms with E-state index >= 15 is 0 Å². The molecule has 0 aliphatic heterocycles. The van der Waals surface area contributed by atoms with E-state index in [9.17, 15) is 4.79 Å². The normalized spacial score (nSPS) is 10.5. The standard InChI is InChI=1S/C12H10BrClN2O/c13-6-5-11(17)16-10-4-3-9(14)12-8(10)2-1-7-15-12/h1-4,7H,5-6H2,(H,16,17). The van der Waals surface area contributed by atoms with Gasteiger partial charge in [0.25, 0.3) is 0 Å². The van der Waals surface area contributed by atoms with E-state index in [1.165, 1.54) is 0 Å². The van der Waals surface area contributed by atoms with Crippen molar-refractivity contribution in [1.82, 2.24) is 4.98 Å². The summed E-state index contributed by atoms with van der Waals surface area (Å²) in [5.74, 6) is -0.0330. The Balaban J connectivity index is 2.41. The minimum absolute atomic E-state index is 0.0330. The number of aromatic nitrogens is 1. The predicted octanol–water partition coefficient (Wildman–Crippen LogP) is 3.61. The molecule has 0 saturated heterocycles. The van der Waals surface area contributed by atoms with Gasteiger partial charge in [0, 0.05) is 23.3 Å². The lowest BCUT2D eigenvalue weighted by atomic mass is 10.2. The molecule has 0 bridgehead atoms. The van der Waals surface area contributed by atoms with Gasteiger partial charge in [-0.15, -0.1) is 0 Å². The maximum atomic E-state index is 11.5. The Hall–Kier alpha value is -1.13. The molecule has 88 valence electrons. The number of benzene rings is 1. The molecule has 17 heavy (non-hydrogen) atoms. The number of halogens is 2. The number of nitrogens with one attached hydrogen (secondary N) is 1. The van der Waals surface area contributed by atoms with E-state index in [1.54, 1.807) is 18.3 Å². The van der Waals surface area contributed by atoms with Crippen molar-refractivity contribution in [2.75, 3.05) is 10.6 Å². The zero-order chi connectivity index (χ0) is 12.3. The molecular formula is C12H10BrClN2O. The van der Waals surface area contributed by atoms with Crippen molar-refractivity contribution in [1.29, 1.82) is 0 Å². The van der Waals surface area contributed by atoms with Crippen LogP contribution in [-0.4, -0.2) is 16.2 Å². The van der Waals surface area contributed by atoms with Crippen molar-refractivity contribution < 1.29 is 4.79 Å². The average Bonchev–Trinajstić information content (AvgIpc) is 2.34. The van der Waals surface area contributed by atoms with Crippen molar-refractivity contribution >= 4 is 50.0 Å². The third-order valence-corrected chi connectivity index (χ3v) is 3.02. The first-order valence-electron chi connectivity index (χ1n) is 5.11. The summed E-state index contributed by atoms with van der Waals surface area (Å²) in [5, 5.41) is 4.92. The van der Waals surface area contributed by atoms with Crippen molar-refractivity contribution in [2.45, 2.75) is 6.42 Å². The number of amides is 1. The number of carbonyl (C=O) groups excluding carboxylic acids is 1. The molecular weight excluding hydrogens is 304 g/mol. The van der Waals surface area contributed by atoms with Crippen LogP contribution < -0.4 is 5.32 Å². The third-order valence-electron chi connectivity index (χ3n) is 2.32. The molecule has 1 amide bonds. The van der Waals surface area contributed by atoms with E-state index in [0.717, 1.165) is 11.1 Å². The van der Waals surface area contributed by atoms with Gasteiger partial charge in [-0.2, -0.15) is 0 Å². The number of fused-ring (bicyclic) bond motifs is 1. The Morgan fingerprint density at radius 2 is 2.24 bits per heavy atom. The molecule has 2 aromatic rings. The fourth-order valence-corrected chi connectivity index (χ4v) is 2.12. The first-order valence-corrected chi connectivity index (χ1v) is 6.61. The van der Waals surface area contributed by atoms with Crippen LogP contribution in [0.2, 0.25) is 5.02 Å².